The van der Waals surface area contributed by atoms with Crippen molar-refractivity contribution in [1.82, 2.24) is 10.6 Å². The van der Waals surface area contributed by atoms with E-state index in [4.69, 9.17) is 5.11 Å². The summed E-state index contributed by atoms with van der Waals surface area (Å²) in [5.41, 5.74) is 0. The van der Waals surface area contributed by atoms with Gasteiger partial charge in [-0.15, -0.1) is 11.3 Å². The standard InChI is InChI=1S/C12H18N2O2S/c15-12(16)7-10(11-4-2-6-17-11)14-8-9-3-1-5-13-9/h2,4,6,9-10,13-14H,1,3,5,7-8H2,(H,15,16). The van der Waals surface area contributed by atoms with Gasteiger partial charge in [-0.25, -0.2) is 0 Å². The van der Waals surface area contributed by atoms with Crippen LogP contribution in [0.5, 0.6) is 0 Å². The first kappa shape index (κ1) is 12.5. The maximum atomic E-state index is 10.9. The Morgan fingerprint density at radius 3 is 3.18 bits per heavy atom. The van der Waals surface area contributed by atoms with Gasteiger partial charge in [-0.05, 0) is 30.8 Å². The number of rotatable bonds is 6. The van der Waals surface area contributed by atoms with E-state index in [1.807, 2.05) is 17.5 Å². The van der Waals surface area contributed by atoms with Crippen LogP contribution < -0.4 is 10.6 Å². The van der Waals surface area contributed by atoms with Gasteiger partial charge in [0.1, 0.15) is 0 Å². The van der Waals surface area contributed by atoms with Gasteiger partial charge in [0.05, 0.1) is 12.5 Å². The number of thiophene rings is 1. The van der Waals surface area contributed by atoms with Gasteiger partial charge in [0.15, 0.2) is 0 Å². The Morgan fingerprint density at radius 2 is 2.59 bits per heavy atom. The molecule has 1 aliphatic rings. The molecule has 0 amide bonds. The van der Waals surface area contributed by atoms with Crippen LogP contribution in [-0.4, -0.2) is 30.2 Å². The third kappa shape index (κ3) is 3.80. The Labute approximate surface area is 105 Å². The Hall–Kier alpha value is -0.910. The Kier molecular flexibility index (Phi) is 4.53. The molecule has 1 aromatic heterocycles. The van der Waals surface area contributed by atoms with E-state index in [2.05, 4.69) is 10.6 Å². The first-order chi connectivity index (χ1) is 8.25. The second-order valence-electron chi connectivity index (χ2n) is 4.37. The minimum atomic E-state index is -0.754. The Balaban J connectivity index is 1.88. The van der Waals surface area contributed by atoms with E-state index >= 15 is 0 Å². The van der Waals surface area contributed by atoms with Crippen LogP contribution in [-0.2, 0) is 4.79 Å². The molecule has 1 saturated heterocycles. The maximum absolute atomic E-state index is 10.9. The van der Waals surface area contributed by atoms with Crippen LogP contribution in [0.25, 0.3) is 0 Å². The van der Waals surface area contributed by atoms with Crippen LogP contribution >= 0.6 is 11.3 Å². The zero-order valence-corrected chi connectivity index (χ0v) is 10.5. The monoisotopic (exact) mass is 254 g/mol. The molecule has 4 nitrogen and oxygen atoms in total. The molecule has 3 N–H and O–H groups in total. The van der Waals surface area contributed by atoms with Crippen LogP contribution in [0.3, 0.4) is 0 Å². The number of carbonyl (C=O) groups is 1. The molecule has 0 bridgehead atoms. The largest absolute Gasteiger partial charge is 0.481 e. The molecule has 0 radical (unpaired) electrons. The summed E-state index contributed by atoms with van der Waals surface area (Å²) < 4.78 is 0. The topological polar surface area (TPSA) is 61.4 Å². The first-order valence-electron chi connectivity index (χ1n) is 5.97. The lowest BCUT2D eigenvalue weighted by Gasteiger charge is -2.18. The van der Waals surface area contributed by atoms with Crippen molar-refractivity contribution >= 4 is 17.3 Å². The lowest BCUT2D eigenvalue weighted by atomic mass is 10.1. The fourth-order valence-corrected chi connectivity index (χ4v) is 2.96. The molecule has 0 aromatic carbocycles. The van der Waals surface area contributed by atoms with Crippen molar-refractivity contribution in [2.24, 2.45) is 0 Å². The molecule has 1 aromatic rings. The van der Waals surface area contributed by atoms with E-state index in [9.17, 15) is 4.79 Å². The number of nitrogens with one attached hydrogen (secondary N) is 2. The smallest absolute Gasteiger partial charge is 0.305 e. The maximum Gasteiger partial charge on any atom is 0.305 e. The van der Waals surface area contributed by atoms with Crippen LogP contribution in [0.4, 0.5) is 0 Å². The van der Waals surface area contributed by atoms with E-state index in [0.717, 1.165) is 18.0 Å². The van der Waals surface area contributed by atoms with Crippen LogP contribution in [0, 0.1) is 0 Å². The van der Waals surface area contributed by atoms with Crippen molar-refractivity contribution in [3.8, 4) is 0 Å². The van der Waals surface area contributed by atoms with Gasteiger partial charge in [0.25, 0.3) is 0 Å². The Morgan fingerprint density at radius 1 is 1.71 bits per heavy atom. The second kappa shape index (κ2) is 6.14. The van der Waals surface area contributed by atoms with Gasteiger partial charge in [-0.3, -0.25) is 4.79 Å². The summed E-state index contributed by atoms with van der Waals surface area (Å²) in [5.74, 6) is -0.754. The van der Waals surface area contributed by atoms with Gasteiger partial charge in [0.2, 0.25) is 0 Å². The van der Waals surface area contributed by atoms with E-state index in [0.29, 0.717) is 6.04 Å². The van der Waals surface area contributed by atoms with Crippen molar-refractivity contribution < 1.29 is 9.90 Å². The van der Waals surface area contributed by atoms with Gasteiger partial charge >= 0.3 is 5.97 Å². The van der Waals surface area contributed by atoms with E-state index in [1.165, 1.54) is 12.8 Å². The molecule has 5 heteroatoms. The number of hydrogen-bond donors (Lipinski definition) is 3. The van der Waals surface area contributed by atoms with Gasteiger partial charge in [-0.2, -0.15) is 0 Å². The predicted octanol–water partition coefficient (Wildman–Crippen LogP) is 1.61. The van der Waals surface area contributed by atoms with E-state index in [-0.39, 0.29) is 12.5 Å². The minimum absolute atomic E-state index is 0.0603. The van der Waals surface area contributed by atoms with Crippen LogP contribution in [0.15, 0.2) is 17.5 Å². The molecule has 0 saturated carbocycles. The molecule has 17 heavy (non-hydrogen) atoms. The molecule has 0 spiro atoms. The molecular weight excluding hydrogens is 236 g/mol. The molecular formula is C12H18N2O2S. The summed E-state index contributed by atoms with van der Waals surface area (Å²) in [4.78, 5) is 12.0. The highest BCUT2D eigenvalue weighted by atomic mass is 32.1. The lowest BCUT2D eigenvalue weighted by molar-refractivity contribution is -0.137. The van der Waals surface area contributed by atoms with Crippen LogP contribution in [0.2, 0.25) is 0 Å². The minimum Gasteiger partial charge on any atom is -0.481 e. The summed E-state index contributed by atoms with van der Waals surface area (Å²) in [5, 5.41) is 17.7. The van der Waals surface area contributed by atoms with E-state index in [1.54, 1.807) is 11.3 Å². The molecule has 2 heterocycles. The first-order valence-corrected chi connectivity index (χ1v) is 6.85. The quantitative estimate of drug-likeness (QED) is 0.721. The average molecular weight is 254 g/mol. The fraction of sp³-hybridized carbons (Fsp3) is 0.583. The zero-order valence-electron chi connectivity index (χ0n) is 9.69. The zero-order chi connectivity index (χ0) is 12.1. The van der Waals surface area contributed by atoms with Crippen molar-refractivity contribution in [2.45, 2.75) is 31.3 Å². The predicted molar refractivity (Wildman–Crippen MR) is 68.3 cm³/mol. The number of carboxylic acids is 1. The van der Waals surface area contributed by atoms with Crippen LogP contribution in [0.1, 0.15) is 30.2 Å². The lowest BCUT2D eigenvalue weighted by Crippen LogP contribution is -2.36. The van der Waals surface area contributed by atoms with Crippen molar-refractivity contribution in [3.05, 3.63) is 22.4 Å². The summed E-state index contributed by atoms with van der Waals surface area (Å²) >= 11 is 1.61. The van der Waals surface area contributed by atoms with Crippen molar-refractivity contribution in [2.75, 3.05) is 13.1 Å². The normalized spacial score (nSPS) is 21.5. The summed E-state index contributed by atoms with van der Waals surface area (Å²) in [6.07, 6.45) is 2.54. The Bertz CT molecular complexity index is 347. The SMILES string of the molecule is O=C(O)CC(NCC1CCCN1)c1cccs1. The fourth-order valence-electron chi connectivity index (χ4n) is 2.15. The molecule has 0 aliphatic carbocycles. The van der Waals surface area contributed by atoms with Gasteiger partial charge < -0.3 is 15.7 Å². The van der Waals surface area contributed by atoms with Crippen molar-refractivity contribution in [3.63, 3.8) is 0 Å². The molecule has 94 valence electrons. The number of carboxylic acid groups (broad SMARTS) is 1. The highest BCUT2D eigenvalue weighted by Gasteiger charge is 2.19. The third-order valence-electron chi connectivity index (χ3n) is 3.04. The molecule has 2 unspecified atom stereocenters. The van der Waals surface area contributed by atoms with E-state index < -0.39 is 5.97 Å². The second-order valence-corrected chi connectivity index (χ2v) is 5.35. The third-order valence-corrected chi connectivity index (χ3v) is 4.02. The van der Waals surface area contributed by atoms with Gasteiger partial charge in [0, 0.05) is 17.5 Å². The number of aliphatic carboxylic acids is 1. The molecule has 2 atom stereocenters. The molecule has 1 aliphatic heterocycles. The summed E-state index contributed by atoms with van der Waals surface area (Å²) in [6, 6.07) is 4.39. The highest BCUT2D eigenvalue weighted by Crippen LogP contribution is 2.22. The molecule has 2 rings (SSSR count). The van der Waals surface area contributed by atoms with Crippen molar-refractivity contribution in [1.29, 1.82) is 0 Å². The summed E-state index contributed by atoms with van der Waals surface area (Å²) in [7, 11) is 0. The average Bonchev–Trinajstić information content (AvgIpc) is 2.96. The molecule has 1 fully saturated rings. The summed E-state index contributed by atoms with van der Waals surface area (Å²) in [6.45, 7) is 1.92. The van der Waals surface area contributed by atoms with Gasteiger partial charge in [-0.1, -0.05) is 6.07 Å². The number of hydrogen-bond acceptors (Lipinski definition) is 4. The highest BCUT2D eigenvalue weighted by molar-refractivity contribution is 7.10.